The standard InChI is InChI=1S/C7H7NO3S/c9-12(10)7-3-5-1-2-8-4-6(5)11-7/h1-3,8,12H,4H2. The van der Waals surface area contributed by atoms with Crippen LogP contribution in [-0.2, 0) is 17.2 Å². The first-order chi connectivity index (χ1) is 5.77. The van der Waals surface area contributed by atoms with E-state index in [2.05, 4.69) is 5.32 Å². The van der Waals surface area contributed by atoms with E-state index in [1.165, 1.54) is 6.07 Å². The Kier molecular flexibility index (Phi) is 1.65. The van der Waals surface area contributed by atoms with E-state index in [-0.39, 0.29) is 5.09 Å². The molecule has 2 rings (SSSR count). The molecule has 1 aliphatic rings. The lowest BCUT2D eigenvalue weighted by molar-refractivity contribution is 0.412. The lowest BCUT2D eigenvalue weighted by atomic mass is 10.2. The van der Waals surface area contributed by atoms with Crippen LogP contribution in [0.1, 0.15) is 11.3 Å². The van der Waals surface area contributed by atoms with Crippen LogP contribution in [0.4, 0.5) is 0 Å². The summed E-state index contributed by atoms with van der Waals surface area (Å²) in [5.74, 6) is 0.673. The van der Waals surface area contributed by atoms with Gasteiger partial charge >= 0.3 is 0 Å². The highest BCUT2D eigenvalue weighted by molar-refractivity contribution is 7.72. The van der Waals surface area contributed by atoms with Gasteiger partial charge in [0.15, 0.2) is 0 Å². The van der Waals surface area contributed by atoms with Crippen molar-refractivity contribution in [3.63, 3.8) is 0 Å². The van der Waals surface area contributed by atoms with Gasteiger partial charge in [0.05, 0.1) is 6.54 Å². The molecule has 1 aliphatic heterocycles. The van der Waals surface area contributed by atoms with E-state index in [4.69, 9.17) is 4.42 Å². The quantitative estimate of drug-likeness (QED) is 0.619. The fourth-order valence-electron chi connectivity index (χ4n) is 1.10. The predicted molar refractivity (Wildman–Crippen MR) is 43.2 cm³/mol. The zero-order valence-electron chi connectivity index (χ0n) is 6.11. The van der Waals surface area contributed by atoms with Gasteiger partial charge in [-0.15, -0.1) is 0 Å². The Morgan fingerprint density at radius 1 is 1.50 bits per heavy atom. The van der Waals surface area contributed by atoms with E-state index in [9.17, 15) is 8.42 Å². The summed E-state index contributed by atoms with van der Waals surface area (Å²) in [6, 6.07) is 1.53. The lowest BCUT2D eigenvalue weighted by Crippen LogP contribution is -2.07. The summed E-state index contributed by atoms with van der Waals surface area (Å²) in [6.45, 7) is 0.551. The second kappa shape index (κ2) is 2.67. The summed E-state index contributed by atoms with van der Waals surface area (Å²) >= 11 is 0. The zero-order chi connectivity index (χ0) is 8.55. The maximum absolute atomic E-state index is 10.5. The molecule has 0 radical (unpaired) electrons. The number of hydrogen-bond donors (Lipinski definition) is 2. The van der Waals surface area contributed by atoms with Crippen molar-refractivity contribution in [3.05, 3.63) is 23.6 Å². The maximum atomic E-state index is 10.5. The van der Waals surface area contributed by atoms with E-state index in [1.54, 1.807) is 12.3 Å². The third-order valence-corrected chi connectivity index (χ3v) is 2.23. The highest BCUT2D eigenvalue weighted by Gasteiger charge is 2.11. The number of hydrogen-bond acceptors (Lipinski definition) is 4. The molecule has 4 nitrogen and oxygen atoms in total. The van der Waals surface area contributed by atoms with Gasteiger partial charge in [-0.1, -0.05) is 0 Å². The topological polar surface area (TPSA) is 59.3 Å². The fraction of sp³-hybridized carbons (Fsp3) is 0.143. The van der Waals surface area contributed by atoms with E-state index in [0.717, 1.165) is 5.56 Å². The van der Waals surface area contributed by atoms with Crippen molar-refractivity contribution in [2.45, 2.75) is 11.6 Å². The minimum atomic E-state index is -2.60. The molecular formula is C7H7NO3S. The molecule has 1 aromatic heterocycles. The van der Waals surface area contributed by atoms with Crippen LogP contribution in [-0.4, -0.2) is 8.42 Å². The van der Waals surface area contributed by atoms with Gasteiger partial charge in [0.25, 0.3) is 0 Å². The summed E-state index contributed by atoms with van der Waals surface area (Å²) in [5.41, 5.74) is 0.836. The average Bonchev–Trinajstić information content (AvgIpc) is 2.46. The Hall–Kier alpha value is -1.23. The van der Waals surface area contributed by atoms with Crippen LogP contribution in [0.25, 0.3) is 6.08 Å². The van der Waals surface area contributed by atoms with E-state index < -0.39 is 10.7 Å². The van der Waals surface area contributed by atoms with Crippen LogP contribution < -0.4 is 5.32 Å². The Morgan fingerprint density at radius 3 is 3.00 bits per heavy atom. The van der Waals surface area contributed by atoms with Crippen molar-refractivity contribution in [1.29, 1.82) is 0 Å². The van der Waals surface area contributed by atoms with Crippen molar-refractivity contribution >= 4 is 16.8 Å². The number of furan rings is 1. The number of nitrogens with one attached hydrogen (secondary N) is 1. The number of thiol groups is 1. The Balaban J connectivity index is 2.53. The van der Waals surface area contributed by atoms with Crippen LogP contribution in [0.3, 0.4) is 0 Å². The minimum Gasteiger partial charge on any atom is -0.447 e. The van der Waals surface area contributed by atoms with E-state index in [1.807, 2.05) is 0 Å². The third kappa shape index (κ3) is 1.12. The average molecular weight is 185 g/mol. The van der Waals surface area contributed by atoms with Gasteiger partial charge in [-0.2, -0.15) is 0 Å². The third-order valence-electron chi connectivity index (χ3n) is 1.65. The smallest absolute Gasteiger partial charge is 0.216 e. The fourth-order valence-corrected chi connectivity index (χ4v) is 1.53. The minimum absolute atomic E-state index is 0.0309. The number of rotatable bonds is 1. The molecule has 0 atom stereocenters. The Labute approximate surface area is 70.8 Å². The summed E-state index contributed by atoms with van der Waals surface area (Å²) in [6.07, 6.45) is 3.55. The molecule has 0 saturated heterocycles. The van der Waals surface area contributed by atoms with Crippen molar-refractivity contribution in [2.75, 3.05) is 0 Å². The molecule has 0 unspecified atom stereocenters. The molecule has 5 heteroatoms. The molecule has 0 aromatic carbocycles. The van der Waals surface area contributed by atoms with Crippen LogP contribution in [0.15, 0.2) is 21.8 Å². The molecule has 2 heterocycles. The summed E-state index contributed by atoms with van der Waals surface area (Å²) in [7, 11) is -2.60. The predicted octanol–water partition coefficient (Wildman–Crippen LogP) is 0.324. The first-order valence-electron chi connectivity index (χ1n) is 3.44. The molecule has 0 bridgehead atoms. The van der Waals surface area contributed by atoms with E-state index in [0.29, 0.717) is 12.3 Å². The summed E-state index contributed by atoms with van der Waals surface area (Å²) in [5, 5.41) is 2.95. The van der Waals surface area contributed by atoms with Crippen LogP contribution in [0.2, 0.25) is 0 Å². The normalized spacial score (nSPS) is 14.4. The SMILES string of the molecule is O=[SH](=O)c1cc2c(o1)CNC=C2. The maximum Gasteiger partial charge on any atom is 0.216 e. The summed E-state index contributed by atoms with van der Waals surface area (Å²) in [4.78, 5) is 0. The first-order valence-corrected chi connectivity index (χ1v) is 4.62. The van der Waals surface area contributed by atoms with Gasteiger partial charge in [0, 0.05) is 11.6 Å². The monoisotopic (exact) mass is 185 g/mol. The highest BCUT2D eigenvalue weighted by Crippen LogP contribution is 2.20. The zero-order valence-corrected chi connectivity index (χ0v) is 7.01. The molecule has 0 amide bonds. The van der Waals surface area contributed by atoms with Gasteiger partial charge in [0.1, 0.15) is 5.76 Å². The lowest BCUT2D eigenvalue weighted by Gasteiger charge is -2.03. The molecular weight excluding hydrogens is 178 g/mol. The van der Waals surface area contributed by atoms with Crippen molar-refractivity contribution < 1.29 is 12.8 Å². The molecule has 1 N–H and O–H groups in total. The highest BCUT2D eigenvalue weighted by atomic mass is 32.2. The molecule has 12 heavy (non-hydrogen) atoms. The molecule has 0 aliphatic carbocycles. The summed E-state index contributed by atoms with van der Waals surface area (Å²) < 4.78 is 26.1. The van der Waals surface area contributed by atoms with Gasteiger partial charge in [-0.3, -0.25) is 0 Å². The Bertz CT molecular complexity index is 395. The number of fused-ring (bicyclic) bond motifs is 1. The van der Waals surface area contributed by atoms with Crippen molar-refractivity contribution in [2.24, 2.45) is 0 Å². The van der Waals surface area contributed by atoms with Gasteiger partial charge < -0.3 is 9.73 Å². The van der Waals surface area contributed by atoms with Crippen molar-refractivity contribution in [1.82, 2.24) is 5.32 Å². The van der Waals surface area contributed by atoms with Crippen molar-refractivity contribution in [3.8, 4) is 0 Å². The molecule has 1 aromatic rings. The first kappa shape index (κ1) is 7.42. The van der Waals surface area contributed by atoms with Gasteiger partial charge in [-0.05, 0) is 12.3 Å². The largest absolute Gasteiger partial charge is 0.447 e. The molecule has 0 saturated carbocycles. The van der Waals surface area contributed by atoms with Gasteiger partial charge in [0.2, 0.25) is 15.8 Å². The Morgan fingerprint density at radius 2 is 2.33 bits per heavy atom. The molecule has 0 spiro atoms. The second-order valence-corrected chi connectivity index (χ2v) is 3.39. The second-order valence-electron chi connectivity index (χ2n) is 2.43. The van der Waals surface area contributed by atoms with Crippen LogP contribution in [0, 0.1) is 0 Å². The molecule has 64 valence electrons. The van der Waals surface area contributed by atoms with Crippen LogP contribution >= 0.6 is 0 Å². The molecule has 0 fully saturated rings. The van der Waals surface area contributed by atoms with E-state index >= 15 is 0 Å². The van der Waals surface area contributed by atoms with Crippen LogP contribution in [0.5, 0.6) is 0 Å². The van der Waals surface area contributed by atoms with Gasteiger partial charge in [-0.25, -0.2) is 8.42 Å².